The van der Waals surface area contributed by atoms with Crippen molar-refractivity contribution in [2.75, 3.05) is 5.73 Å². The minimum Gasteiger partial charge on any atom is -0.591 e. The zero-order valence-corrected chi connectivity index (χ0v) is 11.0. The Morgan fingerprint density at radius 3 is 2.38 bits per heavy atom. The minimum absolute atomic E-state index is 0.342. The number of nitrogens with two attached hydrogens (primary N) is 1. The predicted molar refractivity (Wildman–Crippen MR) is 71.0 cm³/mol. The fourth-order valence-corrected chi connectivity index (χ4v) is 1.76. The van der Waals surface area contributed by atoms with Gasteiger partial charge in [-0.05, 0) is 33.8 Å². The van der Waals surface area contributed by atoms with Crippen molar-refractivity contribution in [3.63, 3.8) is 0 Å². The highest BCUT2D eigenvalue weighted by atomic mass is 32.2. The molecule has 1 aromatic carbocycles. The molecule has 0 aliphatic heterocycles. The lowest BCUT2D eigenvalue weighted by atomic mass is 10.1. The standard InChI is InChI=1S/C12H18N2OS/c1-9(14-16(15)12(2,3)4)10-7-5-6-8-11(10)13/h5-8H,13H2,1-4H3/b14-9+. The highest BCUT2D eigenvalue weighted by Gasteiger charge is 2.26. The SMILES string of the molecule is C/C(=N\[S+]([O-])C(C)(C)C)c1ccccc1N. The van der Waals surface area contributed by atoms with E-state index in [1.165, 1.54) is 0 Å². The molecule has 4 heteroatoms. The summed E-state index contributed by atoms with van der Waals surface area (Å²) in [5.41, 5.74) is 8.05. The second-order valence-corrected chi connectivity index (χ2v) is 6.53. The van der Waals surface area contributed by atoms with Crippen LogP contribution in [0.25, 0.3) is 0 Å². The van der Waals surface area contributed by atoms with Crippen molar-refractivity contribution in [2.24, 2.45) is 4.40 Å². The van der Waals surface area contributed by atoms with Gasteiger partial charge in [0, 0.05) is 11.3 Å². The van der Waals surface area contributed by atoms with Gasteiger partial charge in [-0.2, -0.15) is 0 Å². The molecule has 1 atom stereocenters. The van der Waals surface area contributed by atoms with E-state index in [9.17, 15) is 4.55 Å². The van der Waals surface area contributed by atoms with E-state index in [2.05, 4.69) is 4.40 Å². The number of nitrogen functional groups attached to an aromatic ring is 1. The summed E-state index contributed by atoms with van der Waals surface area (Å²) < 4.78 is 15.7. The third-order valence-electron chi connectivity index (χ3n) is 2.09. The van der Waals surface area contributed by atoms with Crippen molar-refractivity contribution in [1.29, 1.82) is 0 Å². The predicted octanol–water partition coefficient (Wildman–Crippen LogP) is 2.54. The van der Waals surface area contributed by atoms with Crippen molar-refractivity contribution in [1.82, 2.24) is 0 Å². The van der Waals surface area contributed by atoms with Crippen molar-refractivity contribution in [3.05, 3.63) is 29.8 Å². The number of rotatable bonds is 2. The average molecular weight is 238 g/mol. The maximum atomic E-state index is 11.8. The van der Waals surface area contributed by atoms with Gasteiger partial charge < -0.3 is 10.3 Å². The van der Waals surface area contributed by atoms with Crippen molar-refractivity contribution in [3.8, 4) is 0 Å². The van der Waals surface area contributed by atoms with Crippen LogP contribution in [0.2, 0.25) is 0 Å². The molecule has 0 saturated heterocycles. The average Bonchev–Trinajstić information content (AvgIpc) is 2.16. The fraction of sp³-hybridized carbons (Fsp3) is 0.417. The van der Waals surface area contributed by atoms with Crippen molar-refractivity contribution < 1.29 is 4.55 Å². The number of nitrogens with zero attached hydrogens (tertiary/aromatic N) is 1. The molecule has 0 radical (unpaired) electrons. The summed E-state index contributed by atoms with van der Waals surface area (Å²) in [7, 11) is 0. The minimum atomic E-state index is -1.24. The highest BCUT2D eigenvalue weighted by molar-refractivity contribution is 7.91. The molecular weight excluding hydrogens is 220 g/mol. The molecule has 3 nitrogen and oxygen atoms in total. The first kappa shape index (κ1) is 13.1. The van der Waals surface area contributed by atoms with Gasteiger partial charge in [-0.1, -0.05) is 22.6 Å². The van der Waals surface area contributed by atoms with Crippen molar-refractivity contribution in [2.45, 2.75) is 32.4 Å². The molecule has 0 spiro atoms. The molecule has 0 aromatic heterocycles. The van der Waals surface area contributed by atoms with Gasteiger partial charge in [0.2, 0.25) is 0 Å². The number of hydrogen-bond acceptors (Lipinski definition) is 3. The molecule has 1 unspecified atom stereocenters. The lowest BCUT2D eigenvalue weighted by molar-refractivity contribution is 0.561. The highest BCUT2D eigenvalue weighted by Crippen LogP contribution is 2.19. The Bertz CT molecular complexity index is 396. The largest absolute Gasteiger partial charge is 0.591 e. The van der Waals surface area contributed by atoms with Gasteiger partial charge in [0.1, 0.15) is 16.1 Å². The number of benzene rings is 1. The van der Waals surface area contributed by atoms with Gasteiger partial charge in [0.15, 0.2) is 0 Å². The number of para-hydroxylation sites is 1. The molecular formula is C12H18N2OS. The van der Waals surface area contributed by atoms with E-state index in [0.29, 0.717) is 11.4 Å². The Morgan fingerprint density at radius 2 is 1.88 bits per heavy atom. The fourth-order valence-electron chi connectivity index (χ4n) is 1.14. The Hall–Kier alpha value is -1.00. The van der Waals surface area contributed by atoms with Crippen LogP contribution in [-0.2, 0) is 11.4 Å². The van der Waals surface area contributed by atoms with E-state index >= 15 is 0 Å². The zero-order valence-electron chi connectivity index (χ0n) is 10.2. The van der Waals surface area contributed by atoms with Crippen LogP contribution in [0.3, 0.4) is 0 Å². The van der Waals surface area contributed by atoms with Crippen LogP contribution in [0.1, 0.15) is 33.3 Å². The van der Waals surface area contributed by atoms with Gasteiger partial charge >= 0.3 is 0 Å². The Kier molecular flexibility index (Phi) is 3.99. The van der Waals surface area contributed by atoms with E-state index in [-0.39, 0.29) is 4.75 Å². The Labute approximate surface area is 100 Å². The smallest absolute Gasteiger partial charge is 0.144 e. The molecule has 1 rings (SSSR count). The van der Waals surface area contributed by atoms with E-state index in [4.69, 9.17) is 5.73 Å². The van der Waals surface area contributed by atoms with E-state index in [1.807, 2.05) is 52.0 Å². The second-order valence-electron chi connectivity index (χ2n) is 4.63. The first-order chi connectivity index (χ1) is 7.32. The van der Waals surface area contributed by atoms with Crippen molar-refractivity contribution >= 4 is 22.8 Å². The molecule has 1 aromatic rings. The molecule has 0 amide bonds. The quantitative estimate of drug-likeness (QED) is 0.489. The first-order valence-corrected chi connectivity index (χ1v) is 6.25. The molecule has 0 aliphatic carbocycles. The summed E-state index contributed by atoms with van der Waals surface area (Å²) in [5.74, 6) is 0. The molecule has 88 valence electrons. The number of hydrogen-bond donors (Lipinski definition) is 1. The molecule has 0 aliphatic rings. The molecule has 0 bridgehead atoms. The summed E-state index contributed by atoms with van der Waals surface area (Å²) in [6, 6.07) is 7.46. The van der Waals surface area contributed by atoms with E-state index in [1.54, 1.807) is 0 Å². The normalized spacial score (nSPS) is 14.9. The van der Waals surface area contributed by atoms with Crippen LogP contribution >= 0.6 is 0 Å². The number of anilines is 1. The maximum Gasteiger partial charge on any atom is 0.144 e. The maximum absolute atomic E-state index is 11.8. The second kappa shape index (κ2) is 4.89. The van der Waals surface area contributed by atoms with Crippen LogP contribution in [0.5, 0.6) is 0 Å². The topological polar surface area (TPSA) is 61.4 Å². The lowest BCUT2D eigenvalue weighted by Gasteiger charge is -2.19. The molecule has 0 fully saturated rings. The van der Waals surface area contributed by atoms with Crippen LogP contribution in [-0.4, -0.2) is 15.0 Å². The zero-order chi connectivity index (χ0) is 12.3. The molecule has 16 heavy (non-hydrogen) atoms. The molecule has 0 heterocycles. The van der Waals surface area contributed by atoms with Crippen LogP contribution in [0, 0.1) is 0 Å². The van der Waals surface area contributed by atoms with Gasteiger partial charge in [0.25, 0.3) is 0 Å². The van der Waals surface area contributed by atoms with Crippen LogP contribution in [0.4, 0.5) is 5.69 Å². The van der Waals surface area contributed by atoms with E-state index in [0.717, 1.165) is 5.56 Å². The van der Waals surface area contributed by atoms with Crippen LogP contribution in [0.15, 0.2) is 28.7 Å². The third-order valence-corrected chi connectivity index (χ3v) is 3.58. The summed E-state index contributed by atoms with van der Waals surface area (Å²) >= 11 is -1.24. The summed E-state index contributed by atoms with van der Waals surface area (Å²) in [4.78, 5) is 0. The molecule has 2 N–H and O–H groups in total. The first-order valence-electron chi connectivity index (χ1n) is 5.14. The monoisotopic (exact) mass is 238 g/mol. The lowest BCUT2D eigenvalue weighted by Crippen LogP contribution is -2.26. The summed E-state index contributed by atoms with van der Waals surface area (Å²) in [5, 5.41) is 0. The Morgan fingerprint density at radius 1 is 1.31 bits per heavy atom. The van der Waals surface area contributed by atoms with Gasteiger partial charge in [-0.3, -0.25) is 0 Å². The summed E-state index contributed by atoms with van der Waals surface area (Å²) in [6.45, 7) is 7.52. The summed E-state index contributed by atoms with van der Waals surface area (Å²) in [6.07, 6.45) is 0. The van der Waals surface area contributed by atoms with Crippen LogP contribution < -0.4 is 5.73 Å². The Balaban J connectivity index is 2.99. The van der Waals surface area contributed by atoms with Gasteiger partial charge in [-0.25, -0.2) is 0 Å². The van der Waals surface area contributed by atoms with Gasteiger partial charge in [-0.15, -0.1) is 0 Å². The van der Waals surface area contributed by atoms with Gasteiger partial charge in [0.05, 0.1) is 5.71 Å². The molecule has 0 saturated carbocycles. The van der Waals surface area contributed by atoms with E-state index < -0.39 is 11.4 Å². The third kappa shape index (κ3) is 3.25.